The van der Waals surface area contributed by atoms with E-state index in [-0.39, 0.29) is 57.6 Å². The largest absolute Gasteiger partial charge is 0.492 e. The lowest BCUT2D eigenvalue weighted by molar-refractivity contribution is -0.141. The number of nitriles is 1. The number of carbonyl (C=O) groups excluding carboxylic acids is 5. The summed E-state index contributed by atoms with van der Waals surface area (Å²) in [4.78, 5) is 76.8. The maximum absolute atomic E-state index is 14.8. The zero-order chi connectivity index (χ0) is 48.6. The van der Waals surface area contributed by atoms with Crippen molar-refractivity contribution in [2.24, 2.45) is 17.2 Å². The smallest absolute Gasteiger partial charge is 0.254 e. The number of fused-ring (bicyclic) bond motifs is 6. The summed E-state index contributed by atoms with van der Waals surface area (Å²) in [5.74, 6) is -2.43. The van der Waals surface area contributed by atoms with Crippen molar-refractivity contribution in [3.63, 3.8) is 0 Å². The maximum Gasteiger partial charge on any atom is 0.254 e. The molecule has 10 N–H and O–H groups in total. The average molecular weight is 915 g/mol. The number of carbonyl (C=O) groups is 5. The van der Waals surface area contributed by atoms with Crippen LogP contribution in [0.3, 0.4) is 0 Å². The minimum atomic E-state index is -1.39. The van der Waals surface area contributed by atoms with Gasteiger partial charge in [-0.3, -0.25) is 29.0 Å². The molecule has 4 aromatic rings. The van der Waals surface area contributed by atoms with Crippen molar-refractivity contribution >= 4 is 29.5 Å². The van der Waals surface area contributed by atoms with Crippen molar-refractivity contribution in [3.05, 3.63) is 99.7 Å². The molecule has 67 heavy (non-hydrogen) atoms. The minimum Gasteiger partial charge on any atom is -0.492 e. The lowest BCUT2D eigenvalue weighted by Crippen LogP contribution is -2.56. The van der Waals surface area contributed by atoms with Gasteiger partial charge in [-0.05, 0) is 116 Å². The van der Waals surface area contributed by atoms with Crippen LogP contribution < -0.4 is 47.9 Å². The number of amides is 5. The van der Waals surface area contributed by atoms with Crippen molar-refractivity contribution in [1.29, 1.82) is 5.26 Å². The summed E-state index contributed by atoms with van der Waals surface area (Å²) < 4.78 is 12.2. The highest BCUT2D eigenvalue weighted by molar-refractivity contribution is 6.01. The van der Waals surface area contributed by atoms with Crippen molar-refractivity contribution < 1.29 is 33.4 Å². The van der Waals surface area contributed by atoms with Crippen LogP contribution in [0.1, 0.15) is 83.5 Å². The second kappa shape index (κ2) is 21.6. The molecule has 0 fully saturated rings. The number of benzene rings is 3. The van der Waals surface area contributed by atoms with Crippen LogP contribution in [0.5, 0.6) is 11.5 Å². The van der Waals surface area contributed by atoms with Gasteiger partial charge in [-0.15, -0.1) is 0 Å². The van der Waals surface area contributed by atoms with Crippen LogP contribution in [0.25, 0.3) is 22.4 Å². The molecule has 354 valence electrons. The van der Waals surface area contributed by atoms with E-state index in [0.29, 0.717) is 50.6 Å². The van der Waals surface area contributed by atoms with Gasteiger partial charge in [-0.1, -0.05) is 38.1 Å². The van der Waals surface area contributed by atoms with E-state index >= 15 is 0 Å². The Kier molecular flexibility index (Phi) is 16.0. The van der Waals surface area contributed by atoms with Crippen molar-refractivity contribution in [2.45, 2.75) is 89.9 Å². The second-order valence-electron chi connectivity index (χ2n) is 17.7. The number of aromatic nitrogens is 1. The monoisotopic (exact) mass is 914 g/mol. The first-order chi connectivity index (χ1) is 32.0. The molecule has 2 heterocycles. The molecule has 6 rings (SSSR count). The molecular formula is C50H62N10O7. The predicted octanol–water partition coefficient (Wildman–Crippen LogP) is 2.76. The van der Waals surface area contributed by atoms with Gasteiger partial charge < -0.3 is 52.8 Å². The fourth-order valence-electron chi connectivity index (χ4n) is 8.88. The number of rotatable bonds is 15. The Hall–Kier alpha value is -6.87. The lowest BCUT2D eigenvalue weighted by Gasteiger charge is -2.32. The highest BCUT2D eigenvalue weighted by atomic mass is 16.5. The first-order valence-electron chi connectivity index (χ1n) is 22.6. The van der Waals surface area contributed by atoms with Gasteiger partial charge in [0.1, 0.15) is 55.4 Å². The predicted molar refractivity (Wildman–Crippen MR) is 254 cm³/mol. The first-order valence-corrected chi connectivity index (χ1v) is 22.6. The van der Waals surface area contributed by atoms with Crippen LogP contribution in [0.15, 0.2) is 60.7 Å². The third-order valence-corrected chi connectivity index (χ3v) is 12.4. The highest BCUT2D eigenvalue weighted by Gasteiger charge is 2.37. The quantitative estimate of drug-likeness (QED) is 0.0849. The molecular weight excluding hydrogens is 853 g/mol. The van der Waals surface area contributed by atoms with Crippen molar-refractivity contribution in [1.82, 2.24) is 31.2 Å². The highest BCUT2D eigenvalue weighted by Crippen LogP contribution is 2.41. The van der Waals surface area contributed by atoms with Crippen LogP contribution in [0.2, 0.25) is 0 Å². The molecule has 5 amide bonds. The molecule has 17 heteroatoms. The number of hydrogen-bond acceptors (Lipinski definition) is 12. The third kappa shape index (κ3) is 11.2. The molecule has 4 bridgehead atoms. The minimum absolute atomic E-state index is 0.00708. The van der Waals surface area contributed by atoms with Gasteiger partial charge >= 0.3 is 0 Å². The van der Waals surface area contributed by atoms with Gasteiger partial charge in [-0.25, -0.2) is 0 Å². The molecule has 0 radical (unpaired) electrons. The van der Waals surface area contributed by atoms with E-state index in [1.807, 2.05) is 19.1 Å². The Morgan fingerprint density at radius 3 is 2.27 bits per heavy atom. The summed E-state index contributed by atoms with van der Waals surface area (Å²) in [6.45, 7) is 9.94. The number of nitrogens with two attached hydrogens (primary N) is 3. The second-order valence-corrected chi connectivity index (χ2v) is 17.7. The summed E-state index contributed by atoms with van der Waals surface area (Å²) >= 11 is 0. The number of aryl methyl sites for hydroxylation is 3. The van der Waals surface area contributed by atoms with Gasteiger partial charge in [0.05, 0.1) is 23.0 Å². The lowest BCUT2D eigenvalue weighted by atomic mass is 9.86. The number of pyridine rings is 1. The standard InChI is InChI=1S/C50H62N10O7/c1-28-23-39(33-8-10-37-32(26-33)13-15-50(37,4)5)56-29(2)43(28)47(63)58-38(14-16-51)49(65)60(6)44-34-9-12-42(67-22-19-54)36(27-34)35-24-31(7-11-41(35)66-21-18-53)25-40(46(62)55-20-17-52)59-45(61)30(3)57-48(44)64/h7-12,23-24,26-27,30,38,40,44H,13-16,18-22,25,51,53-54H2,1-6H3,(H,55,62)(H,57,64)(H,58,63)(H,59,61)/t30-,38-,40-,44-/m0/s1. The van der Waals surface area contributed by atoms with E-state index in [1.54, 1.807) is 43.3 Å². The summed E-state index contributed by atoms with van der Waals surface area (Å²) in [6.07, 6.45) is 2.09. The van der Waals surface area contributed by atoms with Crippen LogP contribution in [0, 0.1) is 25.2 Å². The number of hydrogen-bond donors (Lipinski definition) is 7. The number of likely N-dealkylation sites (N-methyl/N-ethyl adjacent to an activating group) is 1. The summed E-state index contributed by atoms with van der Waals surface area (Å²) in [7, 11) is 1.44. The van der Waals surface area contributed by atoms with E-state index in [2.05, 4.69) is 53.3 Å². The molecule has 17 nitrogen and oxygen atoms in total. The summed E-state index contributed by atoms with van der Waals surface area (Å²) in [6, 6.07) is 15.4. The van der Waals surface area contributed by atoms with Crippen LogP contribution >= 0.6 is 0 Å². The van der Waals surface area contributed by atoms with Gasteiger partial charge in [-0.2, -0.15) is 5.26 Å². The Balaban J connectivity index is 1.38. The van der Waals surface area contributed by atoms with E-state index in [0.717, 1.165) is 24.1 Å². The summed E-state index contributed by atoms with van der Waals surface area (Å²) in [5.41, 5.74) is 25.5. The topological polar surface area (TPSA) is 270 Å². The number of nitrogens with zero attached hydrogens (tertiary/aromatic N) is 3. The molecule has 0 spiro atoms. The van der Waals surface area contributed by atoms with Gasteiger partial charge in [0.2, 0.25) is 23.6 Å². The zero-order valence-corrected chi connectivity index (χ0v) is 39.1. The van der Waals surface area contributed by atoms with E-state index in [1.165, 1.54) is 30.0 Å². The molecule has 0 saturated heterocycles. The first kappa shape index (κ1) is 49.6. The summed E-state index contributed by atoms with van der Waals surface area (Å²) in [5, 5.41) is 20.0. The Morgan fingerprint density at radius 2 is 1.61 bits per heavy atom. The molecule has 1 aliphatic carbocycles. The van der Waals surface area contributed by atoms with Gasteiger partial charge in [0, 0.05) is 43.2 Å². The molecule has 2 aliphatic rings. The SMILES string of the molecule is Cc1cc(-c2ccc3c(c2)CCC3(C)C)nc(C)c1C(=O)N[C@@H](CCN)C(=O)N(C)[C@@H]1C(=O)N[C@@H](C)C(=O)N[C@H](C(=O)NCC#N)Cc2ccc(OCCN)c(c2)-c2cc1ccc2OCCN. The number of ether oxygens (including phenoxy) is 2. The van der Waals surface area contributed by atoms with E-state index in [4.69, 9.17) is 31.7 Å². The fourth-order valence-corrected chi connectivity index (χ4v) is 8.88. The van der Waals surface area contributed by atoms with E-state index < -0.39 is 53.7 Å². The van der Waals surface area contributed by atoms with Crippen LogP contribution in [-0.4, -0.2) is 104 Å². The zero-order valence-electron chi connectivity index (χ0n) is 39.1. The van der Waals surface area contributed by atoms with Crippen molar-refractivity contribution in [2.75, 3.05) is 46.4 Å². The maximum atomic E-state index is 14.8. The molecule has 0 unspecified atom stereocenters. The average Bonchev–Trinajstić information content (AvgIpc) is 3.61. The Labute approximate surface area is 391 Å². The third-order valence-electron chi connectivity index (χ3n) is 12.4. The van der Waals surface area contributed by atoms with E-state index in [9.17, 15) is 29.2 Å². The Bertz CT molecular complexity index is 2550. The van der Waals surface area contributed by atoms with Gasteiger partial charge in [0.15, 0.2) is 0 Å². The molecule has 1 aliphatic heterocycles. The molecule has 1 aromatic heterocycles. The molecule has 4 atom stereocenters. The fraction of sp³-hybridized carbons (Fsp3) is 0.420. The van der Waals surface area contributed by atoms with Gasteiger partial charge in [0.25, 0.3) is 5.91 Å². The normalized spacial score (nSPS) is 17.9. The molecule has 0 saturated carbocycles. The number of nitrogens with one attached hydrogen (secondary N) is 4. The Morgan fingerprint density at radius 1 is 0.925 bits per heavy atom. The van der Waals surface area contributed by atoms with Crippen LogP contribution in [-0.2, 0) is 37.4 Å². The van der Waals surface area contributed by atoms with Crippen molar-refractivity contribution in [3.8, 4) is 40.0 Å². The molecule has 3 aromatic carbocycles. The van der Waals surface area contributed by atoms with Crippen LogP contribution in [0.4, 0.5) is 0 Å².